The van der Waals surface area contributed by atoms with Gasteiger partial charge >= 0.3 is 6.18 Å². The van der Waals surface area contributed by atoms with Crippen LogP contribution in [0.3, 0.4) is 0 Å². The van der Waals surface area contributed by atoms with E-state index in [0.717, 1.165) is 11.6 Å². The Labute approximate surface area is 142 Å². The van der Waals surface area contributed by atoms with E-state index in [1.165, 1.54) is 30.3 Å². The molecule has 2 rings (SSSR count). The first kappa shape index (κ1) is 17.7. The SMILES string of the molecule is C/C(=N/NC(=S)Nc1ccccc1C(F)(F)F)c1ccc(O)cc1. The second-order valence-electron chi connectivity index (χ2n) is 4.85. The smallest absolute Gasteiger partial charge is 0.418 e. The summed E-state index contributed by atoms with van der Waals surface area (Å²) in [7, 11) is 0. The molecule has 2 aromatic carbocycles. The summed E-state index contributed by atoms with van der Waals surface area (Å²) in [4.78, 5) is 0. The van der Waals surface area contributed by atoms with E-state index in [-0.39, 0.29) is 16.5 Å². The maximum Gasteiger partial charge on any atom is 0.418 e. The van der Waals surface area contributed by atoms with Gasteiger partial charge in [0.2, 0.25) is 0 Å². The number of hydrogen-bond donors (Lipinski definition) is 3. The molecule has 0 fully saturated rings. The van der Waals surface area contributed by atoms with Crippen LogP contribution in [0.4, 0.5) is 18.9 Å². The Balaban J connectivity index is 2.06. The number of nitrogens with one attached hydrogen (secondary N) is 2. The van der Waals surface area contributed by atoms with E-state index in [1.807, 2.05) is 0 Å². The van der Waals surface area contributed by atoms with E-state index in [0.29, 0.717) is 5.71 Å². The summed E-state index contributed by atoms with van der Waals surface area (Å²) in [5, 5.41) is 15.7. The van der Waals surface area contributed by atoms with E-state index in [4.69, 9.17) is 12.2 Å². The lowest BCUT2D eigenvalue weighted by Crippen LogP contribution is -2.26. The van der Waals surface area contributed by atoms with Gasteiger partial charge in [-0.15, -0.1) is 0 Å². The monoisotopic (exact) mass is 353 g/mol. The molecule has 0 bridgehead atoms. The summed E-state index contributed by atoms with van der Waals surface area (Å²) in [6, 6.07) is 11.4. The average Bonchev–Trinajstić information content (AvgIpc) is 2.53. The van der Waals surface area contributed by atoms with Gasteiger partial charge < -0.3 is 10.4 Å². The molecule has 0 aromatic heterocycles. The van der Waals surface area contributed by atoms with Crippen LogP contribution in [0.5, 0.6) is 5.75 Å². The van der Waals surface area contributed by atoms with Crippen LogP contribution in [0.1, 0.15) is 18.1 Å². The summed E-state index contributed by atoms with van der Waals surface area (Å²) < 4.78 is 38.7. The zero-order valence-corrected chi connectivity index (χ0v) is 13.4. The van der Waals surface area contributed by atoms with Crippen LogP contribution < -0.4 is 10.7 Å². The zero-order chi connectivity index (χ0) is 17.7. The minimum Gasteiger partial charge on any atom is -0.508 e. The van der Waals surface area contributed by atoms with Crippen molar-refractivity contribution in [2.24, 2.45) is 5.10 Å². The Morgan fingerprint density at radius 2 is 1.71 bits per heavy atom. The molecule has 0 aliphatic carbocycles. The maximum atomic E-state index is 12.9. The number of para-hydroxylation sites is 1. The Hall–Kier alpha value is -2.61. The van der Waals surface area contributed by atoms with E-state index in [9.17, 15) is 18.3 Å². The van der Waals surface area contributed by atoms with Gasteiger partial charge in [-0.3, -0.25) is 5.43 Å². The summed E-state index contributed by atoms with van der Waals surface area (Å²) in [5.74, 6) is 0.125. The van der Waals surface area contributed by atoms with Gasteiger partial charge in [0, 0.05) is 0 Å². The van der Waals surface area contributed by atoms with Crippen molar-refractivity contribution in [1.29, 1.82) is 0 Å². The van der Waals surface area contributed by atoms with Crippen molar-refractivity contribution in [2.75, 3.05) is 5.32 Å². The number of halogens is 3. The lowest BCUT2D eigenvalue weighted by atomic mass is 10.1. The van der Waals surface area contributed by atoms with Crippen LogP contribution in [0.25, 0.3) is 0 Å². The van der Waals surface area contributed by atoms with Crippen LogP contribution in [0.15, 0.2) is 53.6 Å². The summed E-state index contributed by atoms with van der Waals surface area (Å²) >= 11 is 4.97. The second kappa shape index (κ2) is 7.31. The number of aromatic hydroxyl groups is 1. The summed E-state index contributed by atoms with van der Waals surface area (Å²) in [5.41, 5.74) is 2.83. The quantitative estimate of drug-likeness (QED) is 0.441. The number of phenolic OH excluding ortho intramolecular Hbond substituents is 1. The number of phenols is 1. The highest BCUT2D eigenvalue weighted by Crippen LogP contribution is 2.34. The zero-order valence-electron chi connectivity index (χ0n) is 12.6. The maximum absolute atomic E-state index is 12.9. The van der Waals surface area contributed by atoms with E-state index in [1.54, 1.807) is 19.1 Å². The van der Waals surface area contributed by atoms with Crippen LogP contribution in [0.2, 0.25) is 0 Å². The molecule has 0 saturated carbocycles. The fourth-order valence-electron chi connectivity index (χ4n) is 1.89. The molecule has 8 heteroatoms. The normalized spacial score (nSPS) is 11.9. The van der Waals surface area contributed by atoms with Crippen molar-refractivity contribution in [2.45, 2.75) is 13.1 Å². The van der Waals surface area contributed by atoms with E-state index in [2.05, 4.69) is 15.8 Å². The molecule has 0 heterocycles. The molecule has 0 spiro atoms. The van der Waals surface area contributed by atoms with Crippen molar-refractivity contribution in [3.8, 4) is 5.75 Å². The van der Waals surface area contributed by atoms with Gasteiger partial charge in [0.1, 0.15) is 5.75 Å². The molecular weight excluding hydrogens is 339 g/mol. The fraction of sp³-hybridized carbons (Fsp3) is 0.125. The molecule has 0 atom stereocenters. The molecule has 0 saturated heterocycles. The topological polar surface area (TPSA) is 56.7 Å². The lowest BCUT2D eigenvalue weighted by molar-refractivity contribution is -0.136. The van der Waals surface area contributed by atoms with Gasteiger partial charge in [0.25, 0.3) is 0 Å². The lowest BCUT2D eigenvalue weighted by Gasteiger charge is -2.14. The van der Waals surface area contributed by atoms with E-state index >= 15 is 0 Å². The van der Waals surface area contributed by atoms with Crippen molar-refractivity contribution < 1.29 is 18.3 Å². The Morgan fingerprint density at radius 1 is 1.08 bits per heavy atom. The van der Waals surface area contributed by atoms with Gasteiger partial charge in [-0.05, 0) is 61.1 Å². The average molecular weight is 353 g/mol. The number of hydrogen-bond acceptors (Lipinski definition) is 3. The molecule has 0 radical (unpaired) electrons. The minimum absolute atomic E-state index is 0.0650. The number of benzene rings is 2. The molecule has 2 aromatic rings. The van der Waals surface area contributed by atoms with Crippen molar-refractivity contribution in [3.63, 3.8) is 0 Å². The molecule has 0 aliphatic heterocycles. The predicted molar refractivity (Wildman–Crippen MR) is 91.1 cm³/mol. The number of alkyl halides is 3. The first-order chi connectivity index (χ1) is 11.3. The Morgan fingerprint density at radius 3 is 2.33 bits per heavy atom. The largest absolute Gasteiger partial charge is 0.508 e. The highest BCUT2D eigenvalue weighted by atomic mass is 32.1. The van der Waals surface area contributed by atoms with Crippen LogP contribution >= 0.6 is 12.2 Å². The fourth-order valence-corrected chi connectivity index (χ4v) is 2.05. The first-order valence-electron chi connectivity index (χ1n) is 6.84. The molecule has 0 aliphatic rings. The highest BCUT2D eigenvalue weighted by Gasteiger charge is 2.33. The third-order valence-electron chi connectivity index (χ3n) is 3.09. The van der Waals surface area contributed by atoms with Gasteiger partial charge in [0.05, 0.1) is 17.0 Å². The Bertz CT molecular complexity index is 758. The van der Waals surface area contributed by atoms with Crippen LogP contribution in [-0.4, -0.2) is 15.9 Å². The summed E-state index contributed by atoms with van der Waals surface area (Å²) in [6.45, 7) is 1.70. The van der Waals surface area contributed by atoms with Gasteiger partial charge in [-0.2, -0.15) is 18.3 Å². The van der Waals surface area contributed by atoms with Gasteiger partial charge in [0.15, 0.2) is 5.11 Å². The minimum atomic E-state index is -4.48. The Kier molecular flexibility index (Phi) is 5.40. The first-order valence-corrected chi connectivity index (χ1v) is 7.25. The van der Waals surface area contributed by atoms with Crippen LogP contribution in [0, 0.1) is 0 Å². The number of rotatable bonds is 3. The van der Waals surface area contributed by atoms with Gasteiger partial charge in [-0.1, -0.05) is 12.1 Å². The highest BCUT2D eigenvalue weighted by molar-refractivity contribution is 7.80. The van der Waals surface area contributed by atoms with Crippen LogP contribution in [-0.2, 0) is 6.18 Å². The van der Waals surface area contributed by atoms with Gasteiger partial charge in [-0.25, -0.2) is 0 Å². The molecule has 126 valence electrons. The summed E-state index contributed by atoms with van der Waals surface area (Å²) in [6.07, 6.45) is -4.48. The molecular formula is C16H14F3N3OS. The molecule has 0 amide bonds. The predicted octanol–water partition coefficient (Wildman–Crippen LogP) is 4.12. The number of anilines is 1. The number of nitrogens with zero attached hydrogens (tertiary/aromatic N) is 1. The van der Waals surface area contributed by atoms with Crippen molar-refractivity contribution in [1.82, 2.24) is 5.43 Å². The van der Waals surface area contributed by atoms with E-state index < -0.39 is 11.7 Å². The third-order valence-corrected chi connectivity index (χ3v) is 3.28. The third kappa shape index (κ3) is 4.69. The molecule has 4 nitrogen and oxygen atoms in total. The number of thiocarbonyl (C=S) groups is 1. The standard InChI is InChI=1S/C16H14F3N3OS/c1-10(11-6-8-12(23)9-7-11)21-22-15(24)20-14-5-3-2-4-13(14)16(17,18)19/h2-9,23H,1H3,(H2,20,22,24)/b21-10-. The van der Waals surface area contributed by atoms with Crippen molar-refractivity contribution >= 4 is 28.7 Å². The van der Waals surface area contributed by atoms with Crippen molar-refractivity contribution in [3.05, 3.63) is 59.7 Å². The number of hydrazone groups is 1. The molecule has 3 N–H and O–H groups in total. The second-order valence-corrected chi connectivity index (χ2v) is 5.26. The molecule has 24 heavy (non-hydrogen) atoms. The molecule has 0 unspecified atom stereocenters.